The van der Waals surface area contributed by atoms with Crippen molar-refractivity contribution >= 4 is 17.8 Å². The summed E-state index contributed by atoms with van der Waals surface area (Å²) in [5, 5.41) is 29.1. The Labute approximate surface area is 188 Å². The van der Waals surface area contributed by atoms with Gasteiger partial charge in [0.05, 0.1) is 6.26 Å². The number of furan rings is 1. The Morgan fingerprint density at radius 3 is 2.61 bits per heavy atom. The van der Waals surface area contributed by atoms with Crippen molar-refractivity contribution in [2.45, 2.75) is 6.92 Å². The molecule has 11 heteroatoms. The summed E-state index contributed by atoms with van der Waals surface area (Å²) in [7, 11) is 0. The summed E-state index contributed by atoms with van der Waals surface area (Å²) >= 11 is 0. The van der Waals surface area contributed by atoms with E-state index in [2.05, 4.69) is 4.98 Å². The second kappa shape index (κ2) is 8.96. The number of benzene rings is 1. The van der Waals surface area contributed by atoms with E-state index in [9.17, 15) is 25.1 Å². The molecular formula is C22H20N4O7. The van der Waals surface area contributed by atoms with Gasteiger partial charge in [0.2, 0.25) is 11.6 Å². The number of aromatic nitrogens is 1. The van der Waals surface area contributed by atoms with Crippen LogP contribution in [0.2, 0.25) is 0 Å². The molecule has 33 heavy (non-hydrogen) atoms. The molecule has 0 radical (unpaired) electrons. The SMILES string of the molecule is Cc1ccc(C(=O)OCC(=O)N2CCN(c3oc(-c4ccco4)nc3C#N)CC2)c(O)c1O. The molecule has 1 amide bonds. The van der Waals surface area contributed by atoms with E-state index in [1.807, 2.05) is 6.07 Å². The summed E-state index contributed by atoms with van der Waals surface area (Å²) in [5.41, 5.74) is 0.300. The van der Waals surface area contributed by atoms with Gasteiger partial charge in [0.25, 0.3) is 11.8 Å². The summed E-state index contributed by atoms with van der Waals surface area (Å²) in [6, 6.07) is 8.14. The summed E-state index contributed by atoms with van der Waals surface area (Å²) in [6.07, 6.45) is 1.48. The van der Waals surface area contributed by atoms with Crippen LogP contribution in [0.15, 0.2) is 39.4 Å². The normalized spacial score (nSPS) is 13.6. The second-order valence-electron chi connectivity index (χ2n) is 7.33. The van der Waals surface area contributed by atoms with Gasteiger partial charge >= 0.3 is 5.97 Å². The maximum Gasteiger partial charge on any atom is 0.342 e. The number of phenolic OH excluding ortho intramolecular Hbond substituents is 2. The van der Waals surface area contributed by atoms with Gasteiger partial charge in [-0.2, -0.15) is 10.2 Å². The molecule has 0 atom stereocenters. The van der Waals surface area contributed by atoms with Crippen molar-refractivity contribution in [3.63, 3.8) is 0 Å². The predicted molar refractivity (Wildman–Crippen MR) is 113 cm³/mol. The molecule has 0 saturated carbocycles. The molecule has 11 nitrogen and oxygen atoms in total. The monoisotopic (exact) mass is 452 g/mol. The molecule has 1 aliphatic rings. The number of carbonyl (C=O) groups excluding carboxylic acids is 2. The minimum absolute atomic E-state index is 0.122. The molecule has 0 unspecified atom stereocenters. The number of anilines is 1. The van der Waals surface area contributed by atoms with Crippen LogP contribution in [0.4, 0.5) is 5.88 Å². The third-order valence-corrected chi connectivity index (χ3v) is 5.27. The number of piperazine rings is 1. The van der Waals surface area contributed by atoms with Crippen LogP contribution in [-0.4, -0.2) is 64.8 Å². The zero-order chi connectivity index (χ0) is 23.5. The molecule has 0 bridgehead atoms. The highest BCUT2D eigenvalue weighted by atomic mass is 16.5. The summed E-state index contributed by atoms with van der Waals surface area (Å²) < 4.78 is 16.0. The van der Waals surface area contributed by atoms with Gasteiger partial charge in [-0.25, -0.2) is 4.79 Å². The molecule has 1 fully saturated rings. The van der Waals surface area contributed by atoms with E-state index in [1.54, 1.807) is 24.0 Å². The third kappa shape index (κ3) is 4.31. The smallest absolute Gasteiger partial charge is 0.342 e. The molecule has 1 saturated heterocycles. The predicted octanol–water partition coefficient (Wildman–Crippen LogP) is 2.03. The number of nitrogens with zero attached hydrogens (tertiary/aromatic N) is 4. The first-order chi connectivity index (χ1) is 15.9. The third-order valence-electron chi connectivity index (χ3n) is 5.27. The number of oxazole rings is 1. The Morgan fingerprint density at radius 2 is 1.94 bits per heavy atom. The Morgan fingerprint density at radius 1 is 1.18 bits per heavy atom. The van der Waals surface area contributed by atoms with Crippen molar-refractivity contribution < 1.29 is 33.4 Å². The lowest BCUT2D eigenvalue weighted by molar-refractivity contribution is -0.134. The molecule has 0 aliphatic carbocycles. The minimum Gasteiger partial charge on any atom is -0.504 e. The highest BCUT2D eigenvalue weighted by molar-refractivity contribution is 5.95. The maximum absolute atomic E-state index is 12.5. The van der Waals surface area contributed by atoms with Gasteiger partial charge in [0.1, 0.15) is 11.6 Å². The summed E-state index contributed by atoms with van der Waals surface area (Å²) in [4.78, 5) is 32.2. The number of amides is 1. The maximum atomic E-state index is 12.5. The van der Waals surface area contributed by atoms with Crippen LogP contribution in [-0.2, 0) is 9.53 Å². The average molecular weight is 452 g/mol. The van der Waals surface area contributed by atoms with Crippen LogP contribution in [0.25, 0.3) is 11.7 Å². The summed E-state index contributed by atoms with van der Waals surface area (Å²) in [6.45, 7) is 2.45. The molecule has 0 spiro atoms. The lowest BCUT2D eigenvalue weighted by atomic mass is 10.1. The molecule has 2 N–H and O–H groups in total. The Balaban J connectivity index is 1.34. The first kappa shape index (κ1) is 21.8. The average Bonchev–Trinajstić information content (AvgIpc) is 3.51. The molecule has 1 aliphatic heterocycles. The van der Waals surface area contributed by atoms with Crippen molar-refractivity contribution in [2.24, 2.45) is 0 Å². The van der Waals surface area contributed by atoms with Crippen molar-refractivity contribution in [3.05, 3.63) is 47.3 Å². The molecule has 4 rings (SSSR count). The first-order valence-electron chi connectivity index (χ1n) is 10.0. The van der Waals surface area contributed by atoms with E-state index in [0.29, 0.717) is 43.4 Å². The van der Waals surface area contributed by atoms with Crippen LogP contribution >= 0.6 is 0 Å². The van der Waals surface area contributed by atoms with E-state index < -0.39 is 30.0 Å². The van der Waals surface area contributed by atoms with Gasteiger partial charge in [0, 0.05) is 26.2 Å². The van der Waals surface area contributed by atoms with Gasteiger partial charge < -0.3 is 33.6 Å². The van der Waals surface area contributed by atoms with E-state index in [4.69, 9.17) is 13.6 Å². The lowest BCUT2D eigenvalue weighted by Crippen LogP contribution is -2.50. The van der Waals surface area contributed by atoms with Gasteiger partial charge in [-0.3, -0.25) is 4.79 Å². The van der Waals surface area contributed by atoms with Crippen molar-refractivity contribution in [3.8, 4) is 29.2 Å². The van der Waals surface area contributed by atoms with Crippen LogP contribution in [0, 0.1) is 18.3 Å². The number of ether oxygens (including phenoxy) is 1. The van der Waals surface area contributed by atoms with E-state index >= 15 is 0 Å². The number of rotatable bonds is 5. The zero-order valence-electron chi connectivity index (χ0n) is 17.6. The van der Waals surface area contributed by atoms with E-state index in [0.717, 1.165) is 0 Å². The molecule has 1 aromatic carbocycles. The highest BCUT2D eigenvalue weighted by Gasteiger charge is 2.28. The number of phenols is 2. The summed E-state index contributed by atoms with van der Waals surface area (Å²) in [5.74, 6) is -1.42. The number of hydrogen-bond acceptors (Lipinski definition) is 10. The molecular weight excluding hydrogens is 432 g/mol. The standard InChI is InChI=1S/C22H20N4O7/c1-13-4-5-14(19(29)18(13)28)22(30)32-12-17(27)25-6-8-26(9-7-25)21-15(11-23)24-20(33-21)16-3-2-10-31-16/h2-5,10,28-29H,6-9,12H2,1H3. The van der Waals surface area contributed by atoms with Gasteiger partial charge in [-0.1, -0.05) is 6.07 Å². The zero-order valence-corrected chi connectivity index (χ0v) is 17.6. The quantitative estimate of drug-likeness (QED) is 0.434. The number of aromatic hydroxyl groups is 2. The number of hydrogen-bond donors (Lipinski definition) is 2. The fourth-order valence-electron chi connectivity index (χ4n) is 3.41. The van der Waals surface area contributed by atoms with Crippen LogP contribution in [0.5, 0.6) is 11.5 Å². The van der Waals surface area contributed by atoms with Gasteiger partial charge in [0.15, 0.2) is 23.9 Å². The van der Waals surface area contributed by atoms with Crippen molar-refractivity contribution in [1.82, 2.24) is 9.88 Å². The van der Waals surface area contributed by atoms with Crippen LogP contribution in [0.1, 0.15) is 21.6 Å². The van der Waals surface area contributed by atoms with E-state index in [-0.39, 0.29) is 17.1 Å². The molecule has 3 heterocycles. The number of aryl methyl sites for hydroxylation is 1. The van der Waals surface area contributed by atoms with Crippen LogP contribution in [0.3, 0.4) is 0 Å². The molecule has 3 aromatic rings. The molecule has 170 valence electrons. The van der Waals surface area contributed by atoms with Crippen molar-refractivity contribution in [2.75, 3.05) is 37.7 Å². The second-order valence-corrected chi connectivity index (χ2v) is 7.33. The van der Waals surface area contributed by atoms with E-state index in [1.165, 1.54) is 23.3 Å². The number of esters is 1. The molecule has 2 aromatic heterocycles. The van der Waals surface area contributed by atoms with Gasteiger partial charge in [-0.05, 0) is 30.7 Å². The van der Waals surface area contributed by atoms with Gasteiger partial charge in [-0.15, -0.1) is 0 Å². The fourth-order valence-corrected chi connectivity index (χ4v) is 3.41. The minimum atomic E-state index is -0.916. The number of nitriles is 1. The Bertz CT molecular complexity index is 1220. The van der Waals surface area contributed by atoms with Crippen LogP contribution < -0.4 is 4.90 Å². The van der Waals surface area contributed by atoms with Crippen molar-refractivity contribution in [1.29, 1.82) is 5.26 Å². The Kier molecular flexibility index (Phi) is 5.91. The lowest BCUT2D eigenvalue weighted by Gasteiger charge is -2.34. The topological polar surface area (TPSA) is 153 Å². The Hall–Kier alpha value is -4.46. The fraction of sp³-hybridized carbons (Fsp3) is 0.273. The largest absolute Gasteiger partial charge is 0.504 e. The highest BCUT2D eigenvalue weighted by Crippen LogP contribution is 2.32. The first-order valence-corrected chi connectivity index (χ1v) is 10.0. The number of carbonyl (C=O) groups is 2.